The van der Waals surface area contributed by atoms with Crippen molar-refractivity contribution in [1.29, 1.82) is 0 Å². The lowest BCUT2D eigenvalue weighted by atomic mass is 10.2. The van der Waals surface area contributed by atoms with Crippen LogP contribution in [0.5, 0.6) is 0 Å². The highest BCUT2D eigenvalue weighted by Gasteiger charge is 2.62. The van der Waals surface area contributed by atoms with Gasteiger partial charge in [0.05, 0.1) is 6.61 Å². The van der Waals surface area contributed by atoms with Gasteiger partial charge >= 0.3 is 12.5 Å². The van der Waals surface area contributed by atoms with Crippen LogP contribution in [-0.2, 0) is 9.47 Å². The average molecular weight is 208 g/mol. The quantitative estimate of drug-likeness (QED) is 0.608. The molecule has 13 heavy (non-hydrogen) atoms. The summed E-state index contributed by atoms with van der Waals surface area (Å²) in [4.78, 5) is 0. The number of ether oxygens (including phenoxy) is 2. The summed E-state index contributed by atoms with van der Waals surface area (Å²) >= 11 is 0. The highest BCUT2D eigenvalue weighted by Crippen LogP contribution is 2.41. The van der Waals surface area contributed by atoms with E-state index in [1.807, 2.05) is 0 Å². The third kappa shape index (κ3) is 2.06. The first kappa shape index (κ1) is 10.6. The fourth-order valence-corrected chi connectivity index (χ4v) is 0.785. The van der Waals surface area contributed by atoms with Crippen LogP contribution in [0.2, 0.25) is 0 Å². The van der Waals surface area contributed by atoms with Gasteiger partial charge in [-0.2, -0.15) is 13.2 Å². The van der Waals surface area contributed by atoms with E-state index in [0.717, 1.165) is 0 Å². The maximum absolute atomic E-state index is 12.1. The molecule has 0 amide bonds. The summed E-state index contributed by atoms with van der Waals surface area (Å²) in [6, 6.07) is 0. The van der Waals surface area contributed by atoms with Crippen molar-refractivity contribution in [3.8, 4) is 0 Å². The van der Waals surface area contributed by atoms with Crippen molar-refractivity contribution in [1.82, 2.24) is 0 Å². The Balaban J connectivity index is 2.81. The van der Waals surface area contributed by atoms with Gasteiger partial charge in [-0.15, -0.1) is 8.78 Å². The SMILES string of the molecule is OC1(C(F)(F)F)CCOC(F)(F)O1. The molecule has 1 heterocycles. The van der Waals surface area contributed by atoms with Crippen molar-refractivity contribution in [3.63, 3.8) is 0 Å². The molecular formula is C5H5F5O3. The molecular weight excluding hydrogens is 203 g/mol. The molecule has 1 saturated heterocycles. The molecule has 0 saturated carbocycles. The molecule has 78 valence electrons. The largest absolute Gasteiger partial charge is 0.488 e. The minimum absolute atomic E-state index is 0.928. The topological polar surface area (TPSA) is 38.7 Å². The van der Waals surface area contributed by atoms with E-state index < -0.39 is 31.3 Å². The van der Waals surface area contributed by atoms with E-state index in [-0.39, 0.29) is 0 Å². The first-order valence-electron chi connectivity index (χ1n) is 3.17. The van der Waals surface area contributed by atoms with Crippen LogP contribution in [0.25, 0.3) is 0 Å². The Labute approximate surface area is 69.0 Å². The zero-order chi connectivity index (χ0) is 10.3. The maximum atomic E-state index is 12.1. The Hall–Kier alpha value is -0.470. The van der Waals surface area contributed by atoms with Gasteiger partial charge in [0, 0.05) is 6.42 Å². The van der Waals surface area contributed by atoms with Crippen LogP contribution < -0.4 is 0 Å². The van der Waals surface area contributed by atoms with Gasteiger partial charge in [0.1, 0.15) is 0 Å². The maximum Gasteiger partial charge on any atom is 0.488 e. The number of hydrogen-bond acceptors (Lipinski definition) is 3. The van der Waals surface area contributed by atoms with Crippen LogP contribution in [-0.4, -0.2) is 30.0 Å². The summed E-state index contributed by atoms with van der Waals surface area (Å²) in [6.07, 6.45) is -10.7. The molecule has 8 heteroatoms. The van der Waals surface area contributed by atoms with E-state index >= 15 is 0 Å². The van der Waals surface area contributed by atoms with Crippen LogP contribution in [0.15, 0.2) is 0 Å². The minimum Gasteiger partial charge on any atom is -0.358 e. The van der Waals surface area contributed by atoms with Crippen molar-refractivity contribution in [2.24, 2.45) is 0 Å². The zero-order valence-corrected chi connectivity index (χ0v) is 6.07. The van der Waals surface area contributed by atoms with Crippen molar-refractivity contribution in [2.75, 3.05) is 6.61 Å². The van der Waals surface area contributed by atoms with Gasteiger partial charge in [0.15, 0.2) is 0 Å². The normalized spacial score (nSPS) is 34.6. The molecule has 1 aliphatic rings. The van der Waals surface area contributed by atoms with E-state index in [2.05, 4.69) is 9.47 Å². The Morgan fingerprint density at radius 1 is 1.23 bits per heavy atom. The predicted octanol–water partition coefficient (Wildman–Crippen LogP) is 1.22. The summed E-state index contributed by atoms with van der Waals surface area (Å²) in [5.41, 5.74) is 0. The molecule has 0 radical (unpaired) electrons. The Morgan fingerprint density at radius 2 is 1.77 bits per heavy atom. The second kappa shape index (κ2) is 2.76. The summed E-state index contributed by atoms with van der Waals surface area (Å²) in [5, 5.41) is 8.64. The zero-order valence-electron chi connectivity index (χ0n) is 6.07. The molecule has 0 spiro atoms. The van der Waals surface area contributed by atoms with Gasteiger partial charge in [-0.1, -0.05) is 0 Å². The van der Waals surface area contributed by atoms with Gasteiger partial charge < -0.3 is 5.11 Å². The molecule has 0 aromatic rings. The van der Waals surface area contributed by atoms with Crippen LogP contribution >= 0.6 is 0 Å². The van der Waals surface area contributed by atoms with Crippen molar-refractivity contribution in [3.05, 3.63) is 0 Å². The van der Waals surface area contributed by atoms with Gasteiger partial charge in [-0.25, -0.2) is 0 Å². The lowest BCUT2D eigenvalue weighted by Gasteiger charge is -2.36. The first-order valence-corrected chi connectivity index (χ1v) is 3.17. The Morgan fingerprint density at radius 3 is 2.08 bits per heavy atom. The first-order chi connectivity index (χ1) is 5.66. The molecule has 1 atom stereocenters. The van der Waals surface area contributed by atoms with Crippen LogP contribution in [0, 0.1) is 0 Å². The fraction of sp³-hybridized carbons (Fsp3) is 1.00. The van der Waals surface area contributed by atoms with Crippen molar-refractivity contribution in [2.45, 2.75) is 24.7 Å². The van der Waals surface area contributed by atoms with Gasteiger partial charge in [0.25, 0.3) is 5.79 Å². The molecule has 0 aromatic heterocycles. The second-order valence-electron chi connectivity index (χ2n) is 2.45. The number of aliphatic hydroxyl groups is 1. The van der Waals surface area contributed by atoms with Gasteiger partial charge in [-0.3, -0.25) is 9.47 Å². The monoisotopic (exact) mass is 208 g/mol. The highest BCUT2D eigenvalue weighted by molar-refractivity contribution is 4.79. The molecule has 1 rings (SSSR count). The number of rotatable bonds is 0. The predicted molar refractivity (Wildman–Crippen MR) is 27.6 cm³/mol. The van der Waals surface area contributed by atoms with E-state index in [1.54, 1.807) is 0 Å². The van der Waals surface area contributed by atoms with Crippen molar-refractivity contribution >= 4 is 0 Å². The van der Waals surface area contributed by atoms with Crippen LogP contribution in [0.4, 0.5) is 22.0 Å². The number of alkyl halides is 5. The third-order valence-corrected chi connectivity index (χ3v) is 1.44. The van der Waals surface area contributed by atoms with Crippen molar-refractivity contribution < 1.29 is 36.5 Å². The molecule has 0 aromatic carbocycles. The Kier molecular flexibility index (Phi) is 2.25. The average Bonchev–Trinajstić information content (AvgIpc) is 1.80. The van der Waals surface area contributed by atoms with Crippen LogP contribution in [0.3, 0.4) is 0 Å². The van der Waals surface area contributed by atoms with E-state index in [4.69, 9.17) is 5.11 Å². The highest BCUT2D eigenvalue weighted by atomic mass is 19.4. The smallest absolute Gasteiger partial charge is 0.358 e. The van der Waals surface area contributed by atoms with Crippen LogP contribution in [0.1, 0.15) is 6.42 Å². The minimum atomic E-state index is -5.26. The number of halogens is 5. The summed E-state index contributed by atoms with van der Waals surface area (Å²) in [7, 11) is 0. The third-order valence-electron chi connectivity index (χ3n) is 1.44. The standard InChI is InChI=1S/C5H5F5O3/c6-4(7,8)3(11)1-2-12-5(9,10)13-3/h11H,1-2H2. The fourth-order valence-electron chi connectivity index (χ4n) is 0.785. The van der Waals surface area contributed by atoms with E-state index in [1.165, 1.54) is 0 Å². The van der Waals surface area contributed by atoms with Gasteiger partial charge in [0.2, 0.25) is 0 Å². The van der Waals surface area contributed by atoms with E-state index in [9.17, 15) is 22.0 Å². The lowest BCUT2D eigenvalue weighted by Crippen LogP contribution is -2.56. The molecule has 1 unspecified atom stereocenters. The second-order valence-corrected chi connectivity index (χ2v) is 2.45. The molecule has 0 aliphatic carbocycles. The van der Waals surface area contributed by atoms with E-state index in [0.29, 0.717) is 0 Å². The summed E-state index contributed by atoms with van der Waals surface area (Å²) in [5.74, 6) is -3.82. The summed E-state index contributed by atoms with van der Waals surface area (Å²) in [6.45, 7) is -0.928. The summed E-state index contributed by atoms with van der Waals surface area (Å²) < 4.78 is 66.6. The number of hydrogen-bond donors (Lipinski definition) is 1. The molecule has 1 fully saturated rings. The van der Waals surface area contributed by atoms with Gasteiger partial charge in [-0.05, 0) is 0 Å². The molecule has 0 bridgehead atoms. The molecule has 1 N–H and O–H groups in total. The Bertz CT molecular complexity index is 203. The molecule has 3 nitrogen and oxygen atoms in total. The molecule has 1 aliphatic heterocycles. The lowest BCUT2D eigenvalue weighted by molar-refractivity contribution is -0.523.